The molecule has 0 aromatic heterocycles. The van der Waals surface area contributed by atoms with Gasteiger partial charge in [-0.1, -0.05) is 38.5 Å². The summed E-state index contributed by atoms with van der Waals surface area (Å²) in [6, 6.07) is 5.40. The minimum atomic E-state index is -4.32. The molecule has 0 aliphatic heterocycles. The molecule has 0 atom stereocenters. The molecule has 1 aromatic carbocycles. The van der Waals surface area contributed by atoms with E-state index in [1.165, 1.54) is 12.1 Å². The minimum Gasteiger partial charge on any atom is -0.481 e. The summed E-state index contributed by atoms with van der Waals surface area (Å²) in [7, 11) is 0. The normalized spacial score (nSPS) is 12.4. The molecule has 0 aliphatic carbocycles. The van der Waals surface area contributed by atoms with Crippen molar-refractivity contribution in [2.24, 2.45) is 5.41 Å². The van der Waals surface area contributed by atoms with Gasteiger partial charge in [-0.15, -0.1) is 0 Å². The highest BCUT2D eigenvalue weighted by atomic mass is 19.4. The van der Waals surface area contributed by atoms with Crippen LogP contribution < -0.4 is 0 Å². The highest BCUT2D eigenvalue weighted by molar-refractivity contribution is 5.66. The van der Waals surface area contributed by atoms with Gasteiger partial charge < -0.3 is 5.11 Å². The fraction of sp³-hybridized carbons (Fsp3) is 0.562. The first-order chi connectivity index (χ1) is 9.60. The number of rotatable bonds is 7. The molecule has 0 saturated carbocycles. The Balaban J connectivity index is 2.60. The lowest BCUT2D eigenvalue weighted by Crippen LogP contribution is -2.16. The Morgan fingerprint density at radius 1 is 1.19 bits per heavy atom. The highest BCUT2D eigenvalue weighted by Crippen LogP contribution is 2.33. The molecule has 0 unspecified atom stereocenters. The summed E-state index contributed by atoms with van der Waals surface area (Å²) in [5.41, 5.74) is -0.113. The SMILES string of the molecule is CC(C)(CCCCC(=O)O)Cc1cccc(C(F)(F)F)c1. The molecule has 1 aromatic rings. The van der Waals surface area contributed by atoms with Crippen LogP contribution in [0.1, 0.15) is 50.7 Å². The molecule has 118 valence electrons. The van der Waals surface area contributed by atoms with E-state index in [4.69, 9.17) is 5.11 Å². The van der Waals surface area contributed by atoms with Gasteiger partial charge in [-0.05, 0) is 36.3 Å². The summed E-state index contributed by atoms with van der Waals surface area (Å²) in [4.78, 5) is 10.4. The molecule has 0 amide bonds. The van der Waals surface area contributed by atoms with E-state index in [1.807, 2.05) is 13.8 Å². The maximum Gasteiger partial charge on any atom is 0.416 e. The largest absolute Gasteiger partial charge is 0.481 e. The molecule has 1 rings (SSSR count). The Hall–Kier alpha value is -1.52. The molecule has 0 radical (unpaired) electrons. The van der Waals surface area contributed by atoms with Gasteiger partial charge in [0.2, 0.25) is 0 Å². The summed E-state index contributed by atoms with van der Waals surface area (Å²) in [5.74, 6) is -0.814. The molecule has 0 aliphatic rings. The average molecular weight is 302 g/mol. The minimum absolute atomic E-state index is 0.139. The second kappa shape index (κ2) is 6.96. The number of hydrogen-bond donors (Lipinski definition) is 1. The van der Waals surface area contributed by atoms with Gasteiger partial charge in [0.05, 0.1) is 5.56 Å². The first-order valence-electron chi connectivity index (χ1n) is 6.98. The summed E-state index contributed by atoms with van der Waals surface area (Å²) >= 11 is 0. The second-order valence-corrected chi connectivity index (χ2v) is 6.14. The van der Waals surface area contributed by atoms with Crippen molar-refractivity contribution in [3.63, 3.8) is 0 Å². The predicted molar refractivity (Wildman–Crippen MR) is 75.0 cm³/mol. The van der Waals surface area contributed by atoms with Gasteiger partial charge in [0.25, 0.3) is 0 Å². The number of hydrogen-bond acceptors (Lipinski definition) is 1. The van der Waals surface area contributed by atoms with E-state index >= 15 is 0 Å². The lowest BCUT2D eigenvalue weighted by Gasteiger charge is -2.25. The maximum atomic E-state index is 12.7. The number of unbranched alkanes of at least 4 members (excludes halogenated alkanes) is 1. The van der Waals surface area contributed by atoms with E-state index in [-0.39, 0.29) is 11.8 Å². The third kappa shape index (κ3) is 6.65. The Morgan fingerprint density at radius 2 is 1.86 bits per heavy atom. The third-order valence-electron chi connectivity index (χ3n) is 3.43. The van der Waals surface area contributed by atoms with Gasteiger partial charge >= 0.3 is 12.1 Å². The Bertz CT molecular complexity index is 479. The number of carboxylic acids is 1. The molecule has 0 bridgehead atoms. The molecule has 0 fully saturated rings. The Morgan fingerprint density at radius 3 is 2.43 bits per heavy atom. The molecular formula is C16H21F3O2. The summed E-state index contributed by atoms with van der Waals surface area (Å²) in [5, 5.41) is 8.58. The summed E-state index contributed by atoms with van der Waals surface area (Å²) in [6.07, 6.45) is -1.48. The zero-order valence-corrected chi connectivity index (χ0v) is 12.3. The predicted octanol–water partition coefficient (Wildman–Crippen LogP) is 4.92. The zero-order chi connectivity index (χ0) is 16.1. The number of halogens is 3. The van der Waals surface area contributed by atoms with Gasteiger partial charge in [-0.2, -0.15) is 13.2 Å². The van der Waals surface area contributed by atoms with E-state index in [9.17, 15) is 18.0 Å². The van der Waals surface area contributed by atoms with Crippen LogP contribution in [0.5, 0.6) is 0 Å². The number of aliphatic carboxylic acids is 1. The lowest BCUT2D eigenvalue weighted by molar-refractivity contribution is -0.138. The molecule has 21 heavy (non-hydrogen) atoms. The Labute approximate surface area is 123 Å². The van der Waals surface area contributed by atoms with Crippen LogP contribution in [0.3, 0.4) is 0 Å². The first kappa shape index (κ1) is 17.5. The standard InChI is InChI=1S/C16H21F3O2/c1-15(2,9-4-3-8-14(20)21)11-12-6-5-7-13(10-12)16(17,18)19/h5-7,10H,3-4,8-9,11H2,1-2H3,(H,20,21). The van der Waals surface area contributed by atoms with Gasteiger partial charge in [0, 0.05) is 6.42 Å². The van der Waals surface area contributed by atoms with Crippen LogP contribution in [0.2, 0.25) is 0 Å². The van der Waals surface area contributed by atoms with Crippen molar-refractivity contribution in [2.75, 3.05) is 0 Å². The number of benzene rings is 1. The van der Waals surface area contributed by atoms with E-state index in [1.54, 1.807) is 6.07 Å². The van der Waals surface area contributed by atoms with Crippen LogP contribution in [0.15, 0.2) is 24.3 Å². The fourth-order valence-corrected chi connectivity index (χ4v) is 2.38. The van der Waals surface area contributed by atoms with Crippen LogP contribution in [-0.4, -0.2) is 11.1 Å². The number of alkyl halides is 3. The molecule has 0 saturated heterocycles. The molecule has 0 spiro atoms. The molecule has 2 nitrogen and oxygen atoms in total. The molecular weight excluding hydrogens is 281 g/mol. The molecule has 5 heteroatoms. The topological polar surface area (TPSA) is 37.3 Å². The van der Waals surface area contributed by atoms with E-state index < -0.39 is 17.7 Å². The van der Waals surface area contributed by atoms with Crippen molar-refractivity contribution in [3.05, 3.63) is 35.4 Å². The van der Waals surface area contributed by atoms with Crippen LogP contribution >= 0.6 is 0 Å². The summed E-state index contributed by atoms with van der Waals surface area (Å²) in [6.45, 7) is 3.99. The van der Waals surface area contributed by atoms with Crippen LogP contribution in [0.25, 0.3) is 0 Å². The van der Waals surface area contributed by atoms with Crippen molar-refractivity contribution >= 4 is 5.97 Å². The monoisotopic (exact) mass is 302 g/mol. The van der Waals surface area contributed by atoms with Gasteiger partial charge in [-0.3, -0.25) is 4.79 Å². The average Bonchev–Trinajstić information content (AvgIpc) is 2.33. The van der Waals surface area contributed by atoms with E-state index in [2.05, 4.69) is 0 Å². The van der Waals surface area contributed by atoms with Gasteiger partial charge in [0.1, 0.15) is 0 Å². The van der Waals surface area contributed by atoms with Crippen molar-refractivity contribution in [2.45, 2.75) is 52.1 Å². The number of carbonyl (C=O) groups is 1. The van der Waals surface area contributed by atoms with Crippen molar-refractivity contribution in [1.29, 1.82) is 0 Å². The second-order valence-electron chi connectivity index (χ2n) is 6.14. The maximum absolute atomic E-state index is 12.7. The van der Waals surface area contributed by atoms with Crippen LogP contribution in [0, 0.1) is 5.41 Å². The van der Waals surface area contributed by atoms with Gasteiger partial charge in [0.15, 0.2) is 0 Å². The Kier molecular flexibility index (Phi) is 5.81. The van der Waals surface area contributed by atoms with E-state index in [0.717, 1.165) is 18.9 Å². The lowest BCUT2D eigenvalue weighted by atomic mass is 9.81. The quantitative estimate of drug-likeness (QED) is 0.726. The van der Waals surface area contributed by atoms with Crippen molar-refractivity contribution in [3.8, 4) is 0 Å². The zero-order valence-electron chi connectivity index (χ0n) is 12.3. The van der Waals surface area contributed by atoms with Gasteiger partial charge in [-0.25, -0.2) is 0 Å². The van der Waals surface area contributed by atoms with Crippen molar-refractivity contribution in [1.82, 2.24) is 0 Å². The number of carboxylic acid groups (broad SMARTS) is 1. The third-order valence-corrected chi connectivity index (χ3v) is 3.43. The fourth-order valence-electron chi connectivity index (χ4n) is 2.38. The smallest absolute Gasteiger partial charge is 0.416 e. The highest BCUT2D eigenvalue weighted by Gasteiger charge is 2.30. The summed E-state index contributed by atoms with van der Waals surface area (Å²) < 4.78 is 38.0. The first-order valence-corrected chi connectivity index (χ1v) is 6.98. The molecule has 0 heterocycles. The van der Waals surface area contributed by atoms with E-state index in [0.29, 0.717) is 18.4 Å². The van der Waals surface area contributed by atoms with Crippen LogP contribution in [0.4, 0.5) is 13.2 Å². The molecule has 1 N–H and O–H groups in total. The van der Waals surface area contributed by atoms with Crippen LogP contribution in [-0.2, 0) is 17.4 Å². The van der Waals surface area contributed by atoms with Crippen molar-refractivity contribution < 1.29 is 23.1 Å².